The molecule has 0 unspecified atom stereocenters. The van der Waals surface area contributed by atoms with Crippen molar-refractivity contribution in [3.8, 4) is 0 Å². The van der Waals surface area contributed by atoms with Crippen molar-refractivity contribution in [2.45, 2.75) is 31.6 Å². The van der Waals surface area contributed by atoms with Crippen molar-refractivity contribution in [2.24, 2.45) is 0 Å². The van der Waals surface area contributed by atoms with Crippen LogP contribution in [0.4, 0.5) is 4.39 Å². The lowest BCUT2D eigenvalue weighted by Crippen LogP contribution is -2.41. The number of carbonyl (C=O) groups excluding carboxylic acids is 1. The van der Waals surface area contributed by atoms with Crippen LogP contribution in [-0.4, -0.2) is 5.78 Å². The van der Waals surface area contributed by atoms with Crippen LogP contribution in [0.3, 0.4) is 0 Å². The van der Waals surface area contributed by atoms with E-state index >= 15 is 0 Å². The van der Waals surface area contributed by atoms with Gasteiger partial charge in [-0.3, -0.25) is 4.79 Å². The van der Waals surface area contributed by atoms with Gasteiger partial charge in [0, 0.05) is 0 Å². The van der Waals surface area contributed by atoms with Crippen LogP contribution < -0.4 is 0 Å². The lowest BCUT2D eigenvalue weighted by Gasteiger charge is -2.40. The predicted molar refractivity (Wildman–Crippen MR) is 52.6 cm³/mol. The zero-order valence-electron chi connectivity index (χ0n) is 8.22. The molecule has 0 aromatic heterocycles. The van der Waals surface area contributed by atoms with E-state index in [2.05, 4.69) is 0 Å². The average Bonchev–Trinajstić information content (AvgIpc) is 2.00. The van der Waals surface area contributed by atoms with Crippen LogP contribution in [-0.2, 0) is 10.2 Å². The number of hydrogen-bond donors (Lipinski definition) is 0. The fraction of sp³-hybridized carbons (Fsp3) is 0.417. The van der Waals surface area contributed by atoms with Gasteiger partial charge in [-0.2, -0.15) is 0 Å². The van der Waals surface area contributed by atoms with Gasteiger partial charge in [0.1, 0.15) is 11.6 Å². The summed E-state index contributed by atoms with van der Waals surface area (Å²) in [7, 11) is 0. The van der Waals surface area contributed by atoms with Crippen LogP contribution in [0.2, 0.25) is 0 Å². The van der Waals surface area contributed by atoms with Gasteiger partial charge in [0.15, 0.2) is 0 Å². The summed E-state index contributed by atoms with van der Waals surface area (Å²) in [6.45, 7) is 1.60. The van der Waals surface area contributed by atoms with E-state index in [4.69, 9.17) is 0 Å². The summed E-state index contributed by atoms with van der Waals surface area (Å²) in [6, 6.07) is 6.42. The molecule has 1 aliphatic rings. The lowest BCUT2D eigenvalue weighted by molar-refractivity contribution is -0.125. The van der Waals surface area contributed by atoms with Crippen molar-refractivity contribution in [1.82, 2.24) is 0 Å². The van der Waals surface area contributed by atoms with Gasteiger partial charge >= 0.3 is 0 Å². The van der Waals surface area contributed by atoms with E-state index in [9.17, 15) is 9.18 Å². The first-order valence-corrected chi connectivity index (χ1v) is 4.92. The molecule has 0 atom stereocenters. The third-order valence-corrected chi connectivity index (χ3v) is 3.26. The molecule has 0 heterocycles. The molecule has 1 saturated carbocycles. The molecule has 1 nitrogen and oxygen atoms in total. The van der Waals surface area contributed by atoms with Gasteiger partial charge in [-0.05, 0) is 37.5 Å². The summed E-state index contributed by atoms with van der Waals surface area (Å²) in [4.78, 5) is 11.5. The van der Waals surface area contributed by atoms with Gasteiger partial charge in [0.05, 0.1) is 5.41 Å². The summed E-state index contributed by atoms with van der Waals surface area (Å²) < 4.78 is 13.0. The maximum atomic E-state index is 13.0. The minimum absolute atomic E-state index is 0.161. The molecule has 2 rings (SSSR count). The number of halogens is 1. The number of hydrogen-bond acceptors (Lipinski definition) is 1. The molecule has 0 bridgehead atoms. The van der Waals surface area contributed by atoms with Crippen LogP contribution >= 0.6 is 0 Å². The van der Waals surface area contributed by atoms with Crippen LogP contribution in [0.1, 0.15) is 31.7 Å². The first-order valence-electron chi connectivity index (χ1n) is 4.92. The maximum absolute atomic E-state index is 13.0. The minimum Gasteiger partial charge on any atom is -0.299 e. The largest absolute Gasteiger partial charge is 0.299 e. The molecule has 1 fully saturated rings. The van der Waals surface area contributed by atoms with Crippen molar-refractivity contribution in [2.75, 3.05) is 0 Å². The SMILES string of the molecule is CC(=O)C1(c2cccc(F)c2)CCC1. The van der Waals surface area contributed by atoms with Crippen molar-refractivity contribution in [3.05, 3.63) is 35.6 Å². The summed E-state index contributed by atoms with van der Waals surface area (Å²) in [6.07, 6.45) is 2.80. The highest BCUT2D eigenvalue weighted by Crippen LogP contribution is 2.44. The Morgan fingerprint density at radius 3 is 2.57 bits per heavy atom. The third-order valence-electron chi connectivity index (χ3n) is 3.26. The third kappa shape index (κ3) is 1.26. The molecular weight excluding hydrogens is 179 g/mol. The highest BCUT2D eigenvalue weighted by atomic mass is 19.1. The zero-order chi connectivity index (χ0) is 10.2. The maximum Gasteiger partial charge on any atom is 0.140 e. The molecule has 1 aliphatic carbocycles. The van der Waals surface area contributed by atoms with E-state index in [-0.39, 0.29) is 17.0 Å². The Morgan fingerprint density at radius 1 is 1.43 bits per heavy atom. The van der Waals surface area contributed by atoms with Gasteiger partial charge in [-0.1, -0.05) is 18.6 Å². The van der Waals surface area contributed by atoms with Gasteiger partial charge in [-0.15, -0.1) is 0 Å². The predicted octanol–water partition coefficient (Wildman–Crippen LogP) is 2.84. The van der Waals surface area contributed by atoms with Gasteiger partial charge < -0.3 is 0 Å². The van der Waals surface area contributed by atoms with Crippen molar-refractivity contribution < 1.29 is 9.18 Å². The second-order valence-corrected chi connectivity index (χ2v) is 4.00. The standard InChI is InChI=1S/C12H13FO/c1-9(14)12(6-3-7-12)10-4-2-5-11(13)8-10/h2,4-5,8H,3,6-7H2,1H3. The first kappa shape index (κ1) is 9.38. The molecule has 0 aliphatic heterocycles. The molecule has 14 heavy (non-hydrogen) atoms. The molecule has 0 spiro atoms. The van der Waals surface area contributed by atoms with Crippen molar-refractivity contribution in [3.63, 3.8) is 0 Å². The van der Waals surface area contributed by atoms with Gasteiger partial charge in [0.2, 0.25) is 0 Å². The quantitative estimate of drug-likeness (QED) is 0.704. The molecule has 0 N–H and O–H groups in total. The topological polar surface area (TPSA) is 17.1 Å². The van der Waals surface area contributed by atoms with E-state index in [1.807, 2.05) is 6.07 Å². The van der Waals surface area contributed by atoms with Crippen LogP contribution in [0, 0.1) is 5.82 Å². The summed E-state index contributed by atoms with van der Waals surface area (Å²) >= 11 is 0. The fourth-order valence-corrected chi connectivity index (χ4v) is 2.16. The number of carbonyl (C=O) groups is 1. The molecule has 2 heteroatoms. The average molecular weight is 192 g/mol. The number of Topliss-reactive ketones (excluding diaryl/α,β-unsaturated/α-hetero) is 1. The Balaban J connectivity index is 2.42. The van der Waals surface area contributed by atoms with Gasteiger partial charge in [0.25, 0.3) is 0 Å². The van der Waals surface area contributed by atoms with Crippen LogP contribution in [0.5, 0.6) is 0 Å². The van der Waals surface area contributed by atoms with Crippen molar-refractivity contribution >= 4 is 5.78 Å². The smallest absolute Gasteiger partial charge is 0.140 e. The molecule has 0 saturated heterocycles. The Labute approximate surface area is 82.9 Å². The summed E-state index contributed by atoms with van der Waals surface area (Å²) in [5.74, 6) is -0.0932. The van der Waals surface area contributed by atoms with E-state index < -0.39 is 0 Å². The highest BCUT2D eigenvalue weighted by molar-refractivity contribution is 5.89. The monoisotopic (exact) mass is 192 g/mol. The Kier molecular flexibility index (Phi) is 2.14. The fourth-order valence-electron chi connectivity index (χ4n) is 2.16. The van der Waals surface area contributed by atoms with Crippen LogP contribution in [0.25, 0.3) is 0 Å². The molecule has 0 radical (unpaired) electrons. The summed E-state index contributed by atoms with van der Waals surface area (Å²) in [5.41, 5.74) is 0.471. The minimum atomic E-state index is -0.373. The first-order chi connectivity index (χ1) is 6.65. The molecule has 1 aromatic rings. The second-order valence-electron chi connectivity index (χ2n) is 4.00. The zero-order valence-corrected chi connectivity index (χ0v) is 8.22. The molecule has 74 valence electrons. The lowest BCUT2D eigenvalue weighted by atomic mass is 9.62. The Bertz CT molecular complexity index is 366. The number of rotatable bonds is 2. The normalized spacial score (nSPS) is 18.7. The van der Waals surface area contributed by atoms with E-state index in [1.165, 1.54) is 12.1 Å². The van der Waals surface area contributed by atoms with Gasteiger partial charge in [-0.25, -0.2) is 4.39 Å². The Hall–Kier alpha value is -1.18. The summed E-state index contributed by atoms with van der Waals surface area (Å²) in [5, 5.41) is 0. The van der Waals surface area contributed by atoms with E-state index in [0.29, 0.717) is 0 Å². The van der Waals surface area contributed by atoms with Crippen LogP contribution in [0.15, 0.2) is 24.3 Å². The van der Waals surface area contributed by atoms with E-state index in [1.54, 1.807) is 13.0 Å². The molecule has 1 aromatic carbocycles. The molecular formula is C12H13FO. The van der Waals surface area contributed by atoms with Crippen molar-refractivity contribution in [1.29, 1.82) is 0 Å². The highest BCUT2D eigenvalue weighted by Gasteiger charge is 2.42. The second kappa shape index (κ2) is 3.19. The number of benzene rings is 1. The van der Waals surface area contributed by atoms with E-state index in [0.717, 1.165) is 24.8 Å². The Morgan fingerprint density at radius 2 is 2.14 bits per heavy atom. The number of ketones is 1. The molecule has 0 amide bonds.